The molecule has 3 aromatic carbocycles. The second-order valence-corrected chi connectivity index (χ2v) is 8.82. The highest BCUT2D eigenvalue weighted by Gasteiger charge is 2.45. The summed E-state index contributed by atoms with van der Waals surface area (Å²) in [5.74, 6) is -0.480. The molecule has 1 N–H and O–H groups in total. The number of ether oxygens (including phenoxy) is 2. The number of aryl methyl sites for hydroxylation is 1. The summed E-state index contributed by atoms with van der Waals surface area (Å²) in [6.45, 7) is 2.77. The molecule has 1 aliphatic rings. The second-order valence-electron chi connectivity index (χ2n) is 8.82. The number of Topliss-reactive ketones (excluding diaryl/α,β-unsaturated/α-hetero) is 1. The zero-order valence-corrected chi connectivity index (χ0v) is 19.0. The summed E-state index contributed by atoms with van der Waals surface area (Å²) in [5, 5.41) is 10.0. The van der Waals surface area contributed by atoms with E-state index < -0.39 is 11.4 Å². The van der Waals surface area contributed by atoms with E-state index in [1.165, 1.54) is 5.56 Å². The summed E-state index contributed by atoms with van der Waals surface area (Å²) in [4.78, 5) is 25.4. The zero-order valence-electron chi connectivity index (χ0n) is 19.0. The monoisotopic (exact) mass is 444 g/mol. The fraction of sp³-hybridized carbons (Fsp3) is 0.286. The average Bonchev–Trinajstić information content (AvgIpc) is 3.18. The molecule has 0 bridgehead atoms. The minimum Gasteiger partial charge on any atom is -0.496 e. The van der Waals surface area contributed by atoms with Crippen LogP contribution in [0.2, 0.25) is 0 Å². The van der Waals surface area contributed by atoms with Crippen molar-refractivity contribution < 1.29 is 24.2 Å². The molecule has 1 aliphatic carbocycles. The van der Waals surface area contributed by atoms with Gasteiger partial charge in [0, 0.05) is 17.5 Å². The standard InChI is InChI=1S/C28H28O5/c1-19-6-5-7-20(12-19)17-33-18-24-13-21(10-11-26(24)32-2)25(29)16-28(27(30)31)14-22-8-3-4-9-23(22)15-28/h3-13H,14-18H2,1-2H3,(H,30,31). The van der Waals surface area contributed by atoms with Gasteiger partial charge in [0.25, 0.3) is 0 Å². The highest BCUT2D eigenvalue weighted by Crippen LogP contribution is 2.41. The van der Waals surface area contributed by atoms with Crippen molar-refractivity contribution in [1.82, 2.24) is 0 Å². The molecular weight excluding hydrogens is 416 g/mol. The van der Waals surface area contributed by atoms with Crippen molar-refractivity contribution in [2.75, 3.05) is 7.11 Å². The third-order valence-corrected chi connectivity index (χ3v) is 6.34. The number of aliphatic carboxylic acids is 1. The number of carboxylic acid groups (broad SMARTS) is 1. The molecule has 0 spiro atoms. The van der Waals surface area contributed by atoms with E-state index in [4.69, 9.17) is 9.47 Å². The van der Waals surface area contributed by atoms with Gasteiger partial charge in [0.1, 0.15) is 5.75 Å². The van der Waals surface area contributed by atoms with Crippen LogP contribution in [0, 0.1) is 12.3 Å². The highest BCUT2D eigenvalue weighted by atomic mass is 16.5. The van der Waals surface area contributed by atoms with Crippen molar-refractivity contribution in [1.29, 1.82) is 0 Å². The van der Waals surface area contributed by atoms with E-state index in [9.17, 15) is 14.7 Å². The van der Waals surface area contributed by atoms with Crippen molar-refractivity contribution in [3.05, 3.63) is 100 Å². The van der Waals surface area contributed by atoms with Gasteiger partial charge in [-0.3, -0.25) is 9.59 Å². The Morgan fingerprint density at radius 2 is 1.67 bits per heavy atom. The predicted octanol–water partition coefficient (Wildman–Crippen LogP) is 5.16. The molecule has 0 aliphatic heterocycles. The van der Waals surface area contributed by atoms with Crippen LogP contribution in [0.15, 0.2) is 66.7 Å². The van der Waals surface area contributed by atoms with Crippen LogP contribution in [0.3, 0.4) is 0 Å². The quantitative estimate of drug-likeness (QED) is 0.462. The normalized spacial score (nSPS) is 14.0. The Hall–Kier alpha value is -3.44. The molecule has 0 heterocycles. The van der Waals surface area contributed by atoms with Gasteiger partial charge in [-0.2, -0.15) is 0 Å². The molecule has 0 saturated carbocycles. The van der Waals surface area contributed by atoms with Gasteiger partial charge in [0.2, 0.25) is 0 Å². The number of carbonyl (C=O) groups excluding carboxylic acids is 1. The fourth-order valence-electron chi connectivity index (χ4n) is 4.60. The third kappa shape index (κ3) is 4.99. The van der Waals surface area contributed by atoms with Gasteiger partial charge >= 0.3 is 5.97 Å². The molecule has 0 aromatic heterocycles. The lowest BCUT2D eigenvalue weighted by atomic mass is 9.78. The molecule has 170 valence electrons. The van der Waals surface area contributed by atoms with E-state index in [2.05, 4.69) is 6.07 Å². The number of hydrogen-bond donors (Lipinski definition) is 1. The number of benzene rings is 3. The average molecular weight is 445 g/mol. The number of carbonyl (C=O) groups is 2. The Kier molecular flexibility index (Phi) is 6.61. The van der Waals surface area contributed by atoms with E-state index in [-0.39, 0.29) is 18.8 Å². The highest BCUT2D eigenvalue weighted by molar-refractivity contribution is 5.99. The van der Waals surface area contributed by atoms with Gasteiger partial charge in [-0.05, 0) is 54.7 Å². The van der Waals surface area contributed by atoms with E-state index >= 15 is 0 Å². The van der Waals surface area contributed by atoms with E-state index in [1.54, 1.807) is 25.3 Å². The van der Waals surface area contributed by atoms with Crippen LogP contribution in [0.5, 0.6) is 5.75 Å². The van der Waals surface area contributed by atoms with Gasteiger partial charge in [-0.1, -0.05) is 54.1 Å². The molecule has 0 saturated heterocycles. The lowest BCUT2D eigenvalue weighted by Crippen LogP contribution is -2.34. The van der Waals surface area contributed by atoms with Gasteiger partial charge in [-0.15, -0.1) is 0 Å². The van der Waals surface area contributed by atoms with Crippen LogP contribution in [-0.2, 0) is 35.6 Å². The first-order chi connectivity index (χ1) is 15.9. The first kappa shape index (κ1) is 22.7. The van der Waals surface area contributed by atoms with Gasteiger partial charge in [-0.25, -0.2) is 0 Å². The smallest absolute Gasteiger partial charge is 0.310 e. The second kappa shape index (κ2) is 9.59. The Balaban J connectivity index is 1.49. The predicted molar refractivity (Wildman–Crippen MR) is 126 cm³/mol. The Morgan fingerprint density at radius 1 is 0.939 bits per heavy atom. The van der Waals surface area contributed by atoms with Crippen LogP contribution in [0.1, 0.15) is 44.6 Å². The number of carboxylic acids is 1. The first-order valence-electron chi connectivity index (χ1n) is 11.0. The Morgan fingerprint density at radius 3 is 2.30 bits per heavy atom. The maximum absolute atomic E-state index is 13.2. The largest absolute Gasteiger partial charge is 0.496 e. The van der Waals surface area contributed by atoms with E-state index in [0.29, 0.717) is 30.8 Å². The number of methoxy groups -OCH3 is 1. The molecule has 3 aromatic rings. The fourth-order valence-corrected chi connectivity index (χ4v) is 4.60. The number of hydrogen-bond acceptors (Lipinski definition) is 4. The zero-order chi connectivity index (χ0) is 23.4. The first-order valence-corrected chi connectivity index (χ1v) is 11.0. The molecule has 0 fully saturated rings. The summed E-state index contributed by atoms with van der Waals surface area (Å²) < 4.78 is 11.3. The summed E-state index contributed by atoms with van der Waals surface area (Å²) in [6, 6.07) is 21.0. The molecule has 5 heteroatoms. The molecule has 5 nitrogen and oxygen atoms in total. The summed E-state index contributed by atoms with van der Waals surface area (Å²) in [5.41, 5.74) is 4.38. The molecule has 0 radical (unpaired) electrons. The maximum Gasteiger partial charge on any atom is 0.310 e. The number of rotatable bonds is 9. The van der Waals surface area contributed by atoms with Crippen LogP contribution in [0.4, 0.5) is 0 Å². The Bertz CT molecular complexity index is 1160. The molecule has 4 rings (SSSR count). The molecule has 0 atom stereocenters. The molecule has 0 unspecified atom stereocenters. The van der Waals surface area contributed by atoms with Crippen LogP contribution < -0.4 is 4.74 Å². The lowest BCUT2D eigenvalue weighted by Gasteiger charge is -2.23. The maximum atomic E-state index is 13.2. The van der Waals surface area contributed by atoms with Gasteiger partial charge in [0.15, 0.2) is 5.78 Å². The topological polar surface area (TPSA) is 72.8 Å². The lowest BCUT2D eigenvalue weighted by molar-refractivity contribution is -0.148. The Labute approximate surface area is 194 Å². The summed E-state index contributed by atoms with van der Waals surface area (Å²) >= 11 is 0. The number of ketones is 1. The molecular formula is C28H28O5. The van der Waals surface area contributed by atoms with Crippen LogP contribution in [-0.4, -0.2) is 24.0 Å². The summed E-state index contributed by atoms with van der Waals surface area (Å²) in [6.07, 6.45) is 0.687. The van der Waals surface area contributed by atoms with Crippen molar-refractivity contribution in [3.8, 4) is 5.75 Å². The van der Waals surface area contributed by atoms with Crippen LogP contribution >= 0.6 is 0 Å². The number of fused-ring (bicyclic) bond motifs is 1. The van der Waals surface area contributed by atoms with Crippen molar-refractivity contribution >= 4 is 11.8 Å². The third-order valence-electron chi connectivity index (χ3n) is 6.34. The van der Waals surface area contributed by atoms with E-state index in [1.807, 2.05) is 49.4 Å². The summed E-state index contributed by atoms with van der Waals surface area (Å²) in [7, 11) is 1.58. The van der Waals surface area contributed by atoms with Crippen molar-refractivity contribution in [3.63, 3.8) is 0 Å². The molecule has 0 amide bonds. The van der Waals surface area contributed by atoms with Gasteiger partial charge in [0.05, 0.1) is 25.7 Å². The van der Waals surface area contributed by atoms with E-state index in [0.717, 1.165) is 22.3 Å². The van der Waals surface area contributed by atoms with Crippen molar-refractivity contribution in [2.45, 2.75) is 39.4 Å². The van der Waals surface area contributed by atoms with Gasteiger partial charge < -0.3 is 14.6 Å². The minimum atomic E-state index is -1.11. The van der Waals surface area contributed by atoms with Crippen LogP contribution in [0.25, 0.3) is 0 Å². The SMILES string of the molecule is COc1ccc(C(=O)CC2(C(=O)O)Cc3ccccc3C2)cc1COCc1cccc(C)c1. The molecule has 33 heavy (non-hydrogen) atoms. The van der Waals surface area contributed by atoms with Crippen molar-refractivity contribution in [2.24, 2.45) is 5.41 Å². The minimum absolute atomic E-state index is 0.0487.